The van der Waals surface area contributed by atoms with Crippen molar-refractivity contribution in [2.45, 2.75) is 12.5 Å². The molecule has 0 spiro atoms. The first kappa shape index (κ1) is 14.3. The molecule has 0 fully saturated rings. The monoisotopic (exact) mass is 323 g/mol. The van der Waals surface area contributed by atoms with Crippen molar-refractivity contribution in [1.82, 2.24) is 5.01 Å². The normalized spacial score (nSPS) is 18.3. The molecule has 2 heterocycles. The molecule has 116 valence electrons. The number of ether oxygens (including phenoxy) is 1. The van der Waals surface area contributed by atoms with Crippen molar-refractivity contribution in [2.24, 2.45) is 10.1 Å². The molecule has 0 N–H and O–H groups in total. The molecule has 2 aromatic rings. The van der Waals surface area contributed by atoms with Crippen LogP contribution >= 0.6 is 11.8 Å². The summed E-state index contributed by atoms with van der Waals surface area (Å²) in [6.07, 6.45) is 2.92. The summed E-state index contributed by atoms with van der Waals surface area (Å²) < 4.78 is 5.75. The van der Waals surface area contributed by atoms with Crippen molar-refractivity contribution in [3.63, 3.8) is 0 Å². The van der Waals surface area contributed by atoms with Crippen LogP contribution in [0.4, 0.5) is 5.69 Å². The lowest BCUT2D eigenvalue weighted by atomic mass is 10.0. The first-order chi connectivity index (χ1) is 11.4. The molecule has 5 heteroatoms. The highest BCUT2D eigenvalue weighted by molar-refractivity contribution is 8.13. The molecule has 0 aromatic heterocycles. The third-order valence-corrected chi connectivity index (χ3v) is 4.77. The lowest BCUT2D eigenvalue weighted by molar-refractivity contribution is 0.343. The maximum absolute atomic E-state index is 5.75. The van der Waals surface area contributed by atoms with Crippen molar-refractivity contribution >= 4 is 28.8 Å². The Balaban J connectivity index is 1.42. The molecule has 4 nitrogen and oxygen atoms in total. The molecule has 4 rings (SSSR count). The zero-order valence-corrected chi connectivity index (χ0v) is 13.4. The Kier molecular flexibility index (Phi) is 4.03. The zero-order valence-electron chi connectivity index (χ0n) is 12.6. The minimum absolute atomic E-state index is 0.293. The third-order valence-electron chi connectivity index (χ3n) is 3.86. The minimum atomic E-state index is 0.293. The van der Waals surface area contributed by atoms with Gasteiger partial charge in [0.05, 0.1) is 18.3 Å². The van der Waals surface area contributed by atoms with Crippen molar-refractivity contribution < 1.29 is 4.74 Å². The average molecular weight is 323 g/mol. The molecule has 0 radical (unpaired) electrons. The van der Waals surface area contributed by atoms with Gasteiger partial charge in [0.2, 0.25) is 0 Å². The topological polar surface area (TPSA) is 37.2 Å². The molecule has 0 saturated heterocycles. The molecule has 1 atom stereocenters. The number of fused-ring (bicyclic) bond motifs is 3. The van der Waals surface area contributed by atoms with E-state index in [-0.39, 0.29) is 0 Å². The molecule has 0 amide bonds. The van der Waals surface area contributed by atoms with Crippen LogP contribution < -0.4 is 4.74 Å². The molecule has 0 unspecified atom stereocenters. The predicted octanol–water partition coefficient (Wildman–Crippen LogP) is 4.23. The molecular formula is C18H17N3OS. The molecule has 0 saturated carbocycles. The SMILES string of the molecule is C1=NN2C(SCCOc3ccccc3)=Nc3ccccc3[C@H]2C1. The number of aliphatic imine (C=N–C) groups is 1. The summed E-state index contributed by atoms with van der Waals surface area (Å²) in [5.41, 5.74) is 2.32. The fourth-order valence-electron chi connectivity index (χ4n) is 2.79. The number of benzene rings is 2. The molecule has 23 heavy (non-hydrogen) atoms. The molecule has 2 aromatic carbocycles. The fraction of sp³-hybridized carbons (Fsp3) is 0.222. The van der Waals surface area contributed by atoms with Crippen molar-refractivity contribution in [3.8, 4) is 5.75 Å². The maximum atomic E-state index is 5.75. The molecule has 2 aliphatic heterocycles. The van der Waals surface area contributed by atoms with Crippen LogP contribution in [0.2, 0.25) is 0 Å². The summed E-state index contributed by atoms with van der Waals surface area (Å²) in [5, 5.41) is 7.49. The van der Waals surface area contributed by atoms with Gasteiger partial charge in [0.1, 0.15) is 5.75 Å². The summed E-state index contributed by atoms with van der Waals surface area (Å²) in [7, 11) is 0. The number of hydrazone groups is 1. The van der Waals surface area contributed by atoms with E-state index >= 15 is 0 Å². The van der Waals surface area contributed by atoms with Gasteiger partial charge in [-0.1, -0.05) is 48.2 Å². The second-order valence-corrected chi connectivity index (χ2v) is 6.42. The van der Waals surface area contributed by atoms with Crippen LogP contribution in [0.3, 0.4) is 0 Å². The van der Waals surface area contributed by atoms with Crippen molar-refractivity contribution in [2.75, 3.05) is 12.4 Å². The summed E-state index contributed by atoms with van der Waals surface area (Å²) in [6.45, 7) is 0.650. The van der Waals surface area contributed by atoms with Gasteiger partial charge in [0.15, 0.2) is 5.17 Å². The van der Waals surface area contributed by atoms with E-state index in [0.717, 1.165) is 28.8 Å². The smallest absolute Gasteiger partial charge is 0.185 e. The van der Waals surface area contributed by atoms with Crippen LogP contribution in [-0.4, -0.2) is 28.8 Å². The first-order valence-corrected chi connectivity index (χ1v) is 8.70. The Morgan fingerprint density at radius 3 is 2.83 bits per heavy atom. The predicted molar refractivity (Wildman–Crippen MR) is 95.6 cm³/mol. The van der Waals surface area contributed by atoms with E-state index in [9.17, 15) is 0 Å². The zero-order chi connectivity index (χ0) is 15.5. The van der Waals surface area contributed by atoms with Crippen molar-refractivity contribution in [3.05, 3.63) is 60.2 Å². The second kappa shape index (κ2) is 6.46. The molecule has 2 aliphatic rings. The number of rotatable bonds is 4. The van der Waals surface area contributed by atoms with E-state index in [4.69, 9.17) is 9.73 Å². The van der Waals surface area contributed by atoms with E-state index in [1.807, 2.05) is 47.6 Å². The van der Waals surface area contributed by atoms with Crippen LogP contribution in [0.15, 0.2) is 64.7 Å². The van der Waals surface area contributed by atoms with Gasteiger partial charge < -0.3 is 4.74 Å². The lowest BCUT2D eigenvalue weighted by Crippen LogP contribution is -2.28. The summed E-state index contributed by atoms with van der Waals surface area (Å²) in [6, 6.07) is 18.5. The number of amidine groups is 1. The minimum Gasteiger partial charge on any atom is -0.493 e. The van der Waals surface area contributed by atoms with Gasteiger partial charge in [-0.25, -0.2) is 10.0 Å². The maximum Gasteiger partial charge on any atom is 0.185 e. The van der Waals surface area contributed by atoms with E-state index < -0.39 is 0 Å². The molecular weight excluding hydrogens is 306 g/mol. The summed E-state index contributed by atoms with van der Waals surface area (Å²) in [4.78, 5) is 4.77. The molecule has 0 bridgehead atoms. The fourth-order valence-corrected chi connectivity index (χ4v) is 3.61. The Labute approximate surface area is 139 Å². The van der Waals surface area contributed by atoms with E-state index in [1.54, 1.807) is 11.8 Å². The van der Waals surface area contributed by atoms with Crippen LogP contribution in [0.1, 0.15) is 18.0 Å². The number of thioether (sulfide) groups is 1. The van der Waals surface area contributed by atoms with Gasteiger partial charge in [-0.15, -0.1) is 0 Å². The van der Waals surface area contributed by atoms with Gasteiger partial charge in [-0.2, -0.15) is 5.10 Å². The average Bonchev–Trinajstić information content (AvgIpc) is 3.10. The van der Waals surface area contributed by atoms with Gasteiger partial charge in [0, 0.05) is 24.0 Å². The third kappa shape index (κ3) is 2.97. The number of hydrogen-bond acceptors (Lipinski definition) is 5. The van der Waals surface area contributed by atoms with Crippen molar-refractivity contribution in [1.29, 1.82) is 0 Å². The van der Waals surface area contributed by atoms with Crippen LogP contribution in [0.5, 0.6) is 5.75 Å². The quantitative estimate of drug-likeness (QED) is 0.790. The highest BCUT2D eigenvalue weighted by Gasteiger charge is 2.32. The number of hydrogen-bond donors (Lipinski definition) is 0. The highest BCUT2D eigenvalue weighted by atomic mass is 32.2. The van der Waals surface area contributed by atoms with Gasteiger partial charge >= 0.3 is 0 Å². The second-order valence-electron chi connectivity index (χ2n) is 5.36. The largest absolute Gasteiger partial charge is 0.493 e. The summed E-state index contributed by atoms with van der Waals surface area (Å²) >= 11 is 1.69. The Bertz CT molecular complexity index is 745. The van der Waals surface area contributed by atoms with E-state index in [1.165, 1.54) is 5.56 Å². The van der Waals surface area contributed by atoms with Crippen LogP contribution in [0.25, 0.3) is 0 Å². The van der Waals surface area contributed by atoms with Gasteiger partial charge in [-0.05, 0) is 18.2 Å². The Morgan fingerprint density at radius 2 is 1.91 bits per heavy atom. The van der Waals surface area contributed by atoms with E-state index in [0.29, 0.717) is 12.6 Å². The molecule has 0 aliphatic carbocycles. The first-order valence-electron chi connectivity index (χ1n) is 7.72. The summed E-state index contributed by atoms with van der Waals surface area (Å²) in [5.74, 6) is 1.75. The highest BCUT2D eigenvalue weighted by Crippen LogP contribution is 2.40. The Hall–Kier alpha value is -2.27. The van der Waals surface area contributed by atoms with Gasteiger partial charge in [-0.3, -0.25) is 0 Å². The van der Waals surface area contributed by atoms with Crippen LogP contribution in [0, 0.1) is 0 Å². The van der Waals surface area contributed by atoms with Gasteiger partial charge in [0.25, 0.3) is 0 Å². The number of nitrogens with zero attached hydrogens (tertiary/aromatic N) is 3. The standard InChI is InChI=1S/C18H17N3OS/c1-2-6-14(7-3-1)22-12-13-23-18-20-16-9-5-4-8-15(16)17-10-11-19-21(17)18/h1-9,11,17H,10,12-13H2/t17-/m1/s1. The lowest BCUT2D eigenvalue weighted by Gasteiger charge is -2.29. The Morgan fingerprint density at radius 1 is 1.09 bits per heavy atom. The van der Waals surface area contributed by atoms with E-state index in [2.05, 4.69) is 23.3 Å². The number of para-hydroxylation sites is 2. The van der Waals surface area contributed by atoms with Crippen LogP contribution in [-0.2, 0) is 0 Å².